The lowest BCUT2D eigenvalue weighted by Crippen LogP contribution is -2.46. The van der Waals surface area contributed by atoms with E-state index in [1.54, 1.807) is 18.2 Å². The predicted molar refractivity (Wildman–Crippen MR) is 89.1 cm³/mol. The molecule has 1 aromatic carbocycles. The predicted octanol–water partition coefficient (Wildman–Crippen LogP) is 4.49. The highest BCUT2D eigenvalue weighted by Gasteiger charge is 2.31. The molecular formula is C16H22Cl2N2O. The van der Waals surface area contributed by atoms with E-state index in [4.69, 9.17) is 23.2 Å². The van der Waals surface area contributed by atoms with E-state index in [0.29, 0.717) is 21.8 Å². The fourth-order valence-corrected chi connectivity index (χ4v) is 3.38. The number of hydrogen-bond acceptors (Lipinski definition) is 2. The van der Waals surface area contributed by atoms with Gasteiger partial charge in [0, 0.05) is 6.04 Å². The highest BCUT2D eigenvalue weighted by atomic mass is 35.5. The second-order valence-electron chi connectivity index (χ2n) is 6.31. The minimum Gasteiger partial charge on any atom is -0.322 e. The van der Waals surface area contributed by atoms with Crippen LogP contribution in [-0.4, -0.2) is 18.5 Å². The molecule has 0 saturated heterocycles. The van der Waals surface area contributed by atoms with E-state index in [1.807, 2.05) is 0 Å². The average Bonchev–Trinajstić information content (AvgIpc) is 2.41. The number of anilines is 1. The second-order valence-corrected chi connectivity index (χ2v) is 7.13. The molecule has 2 rings (SSSR count). The van der Waals surface area contributed by atoms with Crippen LogP contribution in [0.25, 0.3) is 0 Å². The molecule has 116 valence electrons. The van der Waals surface area contributed by atoms with Crippen LogP contribution in [-0.2, 0) is 4.79 Å². The van der Waals surface area contributed by atoms with E-state index in [-0.39, 0.29) is 17.9 Å². The Kier molecular flexibility index (Phi) is 5.53. The molecule has 0 aliphatic heterocycles. The van der Waals surface area contributed by atoms with Crippen molar-refractivity contribution in [1.82, 2.24) is 5.32 Å². The molecule has 0 radical (unpaired) electrons. The first kappa shape index (κ1) is 16.6. The first-order valence-corrected chi connectivity index (χ1v) is 8.13. The van der Waals surface area contributed by atoms with Crippen molar-refractivity contribution in [3.05, 3.63) is 28.2 Å². The summed E-state index contributed by atoms with van der Waals surface area (Å²) in [6, 6.07) is 5.55. The summed E-state index contributed by atoms with van der Waals surface area (Å²) in [7, 11) is 0. The van der Waals surface area contributed by atoms with Crippen molar-refractivity contribution in [2.45, 2.75) is 45.6 Å². The van der Waals surface area contributed by atoms with Crippen LogP contribution >= 0.6 is 23.2 Å². The van der Waals surface area contributed by atoms with Crippen LogP contribution in [0.1, 0.15) is 39.5 Å². The topological polar surface area (TPSA) is 41.1 Å². The van der Waals surface area contributed by atoms with Gasteiger partial charge in [0.15, 0.2) is 0 Å². The molecule has 0 spiro atoms. The molecule has 1 aliphatic carbocycles. The highest BCUT2D eigenvalue weighted by molar-refractivity contribution is 6.39. The van der Waals surface area contributed by atoms with Crippen LogP contribution in [0.15, 0.2) is 18.2 Å². The first-order valence-electron chi connectivity index (χ1n) is 7.37. The Bertz CT molecular complexity index is 497. The van der Waals surface area contributed by atoms with E-state index >= 15 is 0 Å². The van der Waals surface area contributed by atoms with Crippen LogP contribution in [0.2, 0.25) is 10.0 Å². The molecule has 0 bridgehead atoms. The summed E-state index contributed by atoms with van der Waals surface area (Å²) in [4.78, 5) is 12.1. The summed E-state index contributed by atoms with van der Waals surface area (Å²) in [6.07, 6.45) is 4.81. The van der Waals surface area contributed by atoms with Gasteiger partial charge in [0.25, 0.3) is 0 Å². The summed E-state index contributed by atoms with van der Waals surface area (Å²) >= 11 is 12.1. The van der Waals surface area contributed by atoms with Crippen molar-refractivity contribution >= 4 is 34.8 Å². The van der Waals surface area contributed by atoms with Gasteiger partial charge in [-0.25, -0.2) is 0 Å². The smallest absolute Gasteiger partial charge is 0.238 e. The van der Waals surface area contributed by atoms with Crippen molar-refractivity contribution < 1.29 is 4.79 Å². The standard InChI is InChI=1S/C16H22Cl2N2O/c1-16(2)9-4-3-8-13(16)19-10-14(21)20-15-11(17)6-5-7-12(15)18/h5-7,13,19H,3-4,8-10H2,1-2H3,(H,20,21). The van der Waals surface area contributed by atoms with Crippen molar-refractivity contribution in [1.29, 1.82) is 0 Å². The number of rotatable bonds is 4. The van der Waals surface area contributed by atoms with Gasteiger partial charge in [-0.3, -0.25) is 4.79 Å². The number of amides is 1. The Morgan fingerprint density at radius 3 is 2.57 bits per heavy atom. The van der Waals surface area contributed by atoms with Crippen molar-refractivity contribution in [3.63, 3.8) is 0 Å². The number of carbonyl (C=O) groups is 1. The Balaban J connectivity index is 1.90. The fourth-order valence-electron chi connectivity index (χ4n) is 2.89. The normalized spacial score (nSPS) is 21.0. The maximum Gasteiger partial charge on any atom is 0.238 e. The maximum absolute atomic E-state index is 12.1. The van der Waals surface area contributed by atoms with E-state index in [2.05, 4.69) is 24.5 Å². The SMILES string of the molecule is CC1(C)CCCCC1NCC(=O)Nc1c(Cl)cccc1Cl. The summed E-state index contributed by atoms with van der Waals surface area (Å²) in [6.45, 7) is 4.79. The summed E-state index contributed by atoms with van der Waals surface area (Å²) in [5, 5.41) is 7.06. The van der Waals surface area contributed by atoms with Crippen molar-refractivity contribution in [2.24, 2.45) is 5.41 Å². The van der Waals surface area contributed by atoms with Crippen molar-refractivity contribution in [3.8, 4) is 0 Å². The largest absolute Gasteiger partial charge is 0.322 e. The Hall–Kier alpha value is -0.770. The highest BCUT2D eigenvalue weighted by Crippen LogP contribution is 2.35. The van der Waals surface area contributed by atoms with Crippen LogP contribution in [0, 0.1) is 5.41 Å². The molecule has 1 saturated carbocycles. The van der Waals surface area contributed by atoms with Crippen molar-refractivity contribution in [2.75, 3.05) is 11.9 Å². The molecule has 1 amide bonds. The molecule has 5 heteroatoms. The molecule has 0 heterocycles. The number of carbonyl (C=O) groups excluding carboxylic acids is 1. The lowest BCUT2D eigenvalue weighted by Gasteiger charge is -2.39. The van der Waals surface area contributed by atoms with E-state index in [0.717, 1.165) is 6.42 Å². The van der Waals surface area contributed by atoms with Gasteiger partial charge in [-0.2, -0.15) is 0 Å². The summed E-state index contributed by atoms with van der Waals surface area (Å²) in [5.41, 5.74) is 0.719. The minimum atomic E-state index is -0.119. The Labute approximate surface area is 136 Å². The summed E-state index contributed by atoms with van der Waals surface area (Å²) in [5.74, 6) is -0.119. The molecule has 0 aromatic heterocycles. The average molecular weight is 329 g/mol. The van der Waals surface area contributed by atoms with Gasteiger partial charge in [-0.05, 0) is 30.4 Å². The van der Waals surface area contributed by atoms with Crippen LogP contribution < -0.4 is 10.6 Å². The van der Waals surface area contributed by atoms with Crippen LogP contribution in [0.4, 0.5) is 5.69 Å². The monoisotopic (exact) mass is 328 g/mol. The molecule has 1 fully saturated rings. The van der Waals surface area contributed by atoms with E-state index < -0.39 is 0 Å². The number of nitrogens with one attached hydrogen (secondary N) is 2. The fraction of sp³-hybridized carbons (Fsp3) is 0.562. The second kappa shape index (κ2) is 6.99. The van der Waals surface area contributed by atoms with Crippen LogP contribution in [0.5, 0.6) is 0 Å². The quantitative estimate of drug-likeness (QED) is 0.854. The molecule has 1 aliphatic rings. The third-order valence-electron chi connectivity index (χ3n) is 4.24. The zero-order valence-corrected chi connectivity index (χ0v) is 14.0. The molecule has 1 aromatic rings. The zero-order chi connectivity index (χ0) is 15.5. The van der Waals surface area contributed by atoms with Gasteiger partial charge in [0.1, 0.15) is 0 Å². The van der Waals surface area contributed by atoms with Gasteiger partial charge >= 0.3 is 0 Å². The number of hydrogen-bond donors (Lipinski definition) is 2. The number of para-hydroxylation sites is 1. The Morgan fingerprint density at radius 1 is 1.29 bits per heavy atom. The van der Waals surface area contributed by atoms with E-state index in [1.165, 1.54) is 19.3 Å². The van der Waals surface area contributed by atoms with E-state index in [9.17, 15) is 4.79 Å². The van der Waals surface area contributed by atoms with Crippen LogP contribution in [0.3, 0.4) is 0 Å². The minimum absolute atomic E-state index is 0.119. The third kappa shape index (κ3) is 4.35. The molecule has 1 atom stereocenters. The zero-order valence-electron chi connectivity index (χ0n) is 12.5. The molecule has 2 N–H and O–H groups in total. The van der Waals surface area contributed by atoms with Gasteiger partial charge in [-0.15, -0.1) is 0 Å². The lowest BCUT2D eigenvalue weighted by atomic mass is 9.73. The maximum atomic E-state index is 12.1. The molecular weight excluding hydrogens is 307 g/mol. The molecule has 1 unspecified atom stereocenters. The third-order valence-corrected chi connectivity index (χ3v) is 4.87. The Morgan fingerprint density at radius 2 is 1.95 bits per heavy atom. The summed E-state index contributed by atoms with van der Waals surface area (Å²) < 4.78 is 0. The first-order chi connectivity index (χ1) is 9.90. The van der Waals surface area contributed by atoms with Gasteiger partial charge in [-0.1, -0.05) is 56.0 Å². The van der Waals surface area contributed by atoms with Gasteiger partial charge in [0.05, 0.1) is 22.3 Å². The lowest BCUT2D eigenvalue weighted by molar-refractivity contribution is -0.115. The number of halogens is 2. The molecule has 3 nitrogen and oxygen atoms in total. The van der Waals surface area contributed by atoms with Gasteiger partial charge in [0.2, 0.25) is 5.91 Å². The molecule has 21 heavy (non-hydrogen) atoms. The number of benzene rings is 1. The van der Waals surface area contributed by atoms with Gasteiger partial charge < -0.3 is 10.6 Å².